The second-order valence-corrected chi connectivity index (χ2v) is 11.0. The van der Waals surface area contributed by atoms with Gasteiger partial charge in [0.15, 0.2) is 11.5 Å². The van der Waals surface area contributed by atoms with Gasteiger partial charge in [-0.1, -0.05) is 97.1 Å². The molecule has 0 N–H and O–H groups in total. The number of ether oxygens (including phenoxy) is 5. The Bertz CT molecular complexity index is 1750. The number of carbonyl (C=O) groups is 1. The molecule has 0 fully saturated rings. The second-order valence-electron chi connectivity index (χ2n) is 11.0. The predicted molar refractivity (Wildman–Crippen MR) is 178 cm³/mol. The molecular weight excluding hydrogens is 576 g/mol. The van der Waals surface area contributed by atoms with Gasteiger partial charge in [-0.2, -0.15) is 0 Å². The van der Waals surface area contributed by atoms with Gasteiger partial charge in [0.25, 0.3) is 0 Å². The van der Waals surface area contributed by atoms with Crippen molar-refractivity contribution in [2.24, 2.45) is 0 Å². The first-order valence-electron chi connectivity index (χ1n) is 15.4. The summed E-state index contributed by atoms with van der Waals surface area (Å²) >= 11 is 0. The van der Waals surface area contributed by atoms with Crippen LogP contribution in [0.15, 0.2) is 134 Å². The molecule has 0 aliphatic carbocycles. The van der Waals surface area contributed by atoms with Gasteiger partial charge in [-0.3, -0.25) is 0 Å². The van der Waals surface area contributed by atoms with Crippen molar-refractivity contribution in [1.29, 1.82) is 0 Å². The van der Waals surface area contributed by atoms with Crippen molar-refractivity contribution in [3.05, 3.63) is 167 Å². The van der Waals surface area contributed by atoms with Crippen LogP contribution in [0.4, 0.5) is 0 Å². The number of rotatable bonds is 14. The molecular formula is C40H36O6. The number of hydrogen-bond donors (Lipinski definition) is 0. The molecule has 0 aromatic heterocycles. The molecule has 0 saturated heterocycles. The Morgan fingerprint density at radius 1 is 0.696 bits per heavy atom. The van der Waals surface area contributed by atoms with Crippen molar-refractivity contribution in [2.45, 2.75) is 38.8 Å². The Hall–Kier alpha value is -5.49. The van der Waals surface area contributed by atoms with Gasteiger partial charge >= 0.3 is 5.97 Å². The first-order valence-corrected chi connectivity index (χ1v) is 15.4. The normalized spacial score (nSPS) is 13.3. The average molecular weight is 613 g/mol. The quantitative estimate of drug-likeness (QED) is 0.0929. The molecule has 0 spiro atoms. The molecule has 5 aromatic carbocycles. The lowest BCUT2D eigenvalue weighted by molar-refractivity contribution is 0.0346. The van der Waals surface area contributed by atoms with Gasteiger partial charge in [-0.15, -0.1) is 6.58 Å². The lowest BCUT2D eigenvalue weighted by Crippen LogP contribution is -2.23. The van der Waals surface area contributed by atoms with Gasteiger partial charge in [0, 0.05) is 17.5 Å². The summed E-state index contributed by atoms with van der Waals surface area (Å²) < 4.78 is 30.4. The molecule has 0 amide bonds. The molecule has 1 aliphatic heterocycles. The third-order valence-electron chi connectivity index (χ3n) is 7.71. The molecule has 1 atom stereocenters. The minimum Gasteiger partial charge on any atom is -0.489 e. The topological polar surface area (TPSA) is 63.2 Å². The van der Waals surface area contributed by atoms with Gasteiger partial charge < -0.3 is 23.7 Å². The van der Waals surface area contributed by atoms with Crippen molar-refractivity contribution in [3.63, 3.8) is 0 Å². The summed E-state index contributed by atoms with van der Waals surface area (Å²) in [5.74, 6) is 2.14. The molecule has 0 saturated carbocycles. The summed E-state index contributed by atoms with van der Waals surface area (Å²) in [5.41, 5.74) is 5.61. The highest BCUT2D eigenvalue weighted by molar-refractivity contribution is 5.90. The fourth-order valence-corrected chi connectivity index (χ4v) is 5.35. The summed E-state index contributed by atoms with van der Waals surface area (Å²) in [6, 6.07) is 38.8. The Kier molecular flexibility index (Phi) is 9.95. The number of hydrogen-bond acceptors (Lipinski definition) is 6. The maximum absolute atomic E-state index is 13.2. The third kappa shape index (κ3) is 7.77. The van der Waals surface area contributed by atoms with Gasteiger partial charge in [-0.25, -0.2) is 4.79 Å². The molecule has 6 rings (SSSR count). The first kappa shape index (κ1) is 30.5. The molecule has 232 valence electrons. The molecule has 0 bridgehead atoms. The number of carbonyl (C=O) groups excluding carboxylic acids is 1. The predicted octanol–water partition coefficient (Wildman–Crippen LogP) is 8.31. The van der Waals surface area contributed by atoms with E-state index in [0.717, 1.165) is 39.3 Å². The zero-order chi connectivity index (χ0) is 31.6. The average Bonchev–Trinajstić information content (AvgIpc) is 3.53. The van der Waals surface area contributed by atoms with Gasteiger partial charge in [0.2, 0.25) is 0 Å². The second kappa shape index (κ2) is 15.0. The highest BCUT2D eigenvalue weighted by atomic mass is 16.6. The van der Waals surface area contributed by atoms with E-state index in [2.05, 4.69) is 6.58 Å². The lowest BCUT2D eigenvalue weighted by atomic mass is 9.99. The minimum atomic E-state index is -0.461. The summed E-state index contributed by atoms with van der Waals surface area (Å²) in [6.45, 7) is 5.22. The van der Waals surface area contributed by atoms with E-state index in [1.54, 1.807) is 18.2 Å². The van der Waals surface area contributed by atoms with E-state index in [0.29, 0.717) is 49.7 Å². The van der Waals surface area contributed by atoms with Gasteiger partial charge in [0.05, 0.1) is 5.56 Å². The molecule has 1 aliphatic rings. The van der Waals surface area contributed by atoms with E-state index in [-0.39, 0.29) is 12.7 Å². The number of benzene rings is 5. The van der Waals surface area contributed by atoms with Crippen molar-refractivity contribution in [3.8, 4) is 23.0 Å². The van der Waals surface area contributed by atoms with Crippen LogP contribution in [0.3, 0.4) is 0 Å². The maximum atomic E-state index is 13.2. The summed E-state index contributed by atoms with van der Waals surface area (Å²) in [4.78, 5) is 13.2. The fraction of sp³-hybridized carbons (Fsp3) is 0.175. The van der Waals surface area contributed by atoms with Crippen molar-refractivity contribution in [1.82, 2.24) is 0 Å². The lowest BCUT2D eigenvalue weighted by Gasteiger charge is -2.15. The summed E-state index contributed by atoms with van der Waals surface area (Å²) in [5, 5.41) is 0. The van der Waals surface area contributed by atoms with Crippen LogP contribution in [-0.4, -0.2) is 18.7 Å². The van der Waals surface area contributed by atoms with Crippen molar-refractivity contribution in [2.75, 3.05) is 6.61 Å². The van der Waals surface area contributed by atoms with Crippen LogP contribution < -0.4 is 18.9 Å². The maximum Gasteiger partial charge on any atom is 0.338 e. The van der Waals surface area contributed by atoms with E-state index in [9.17, 15) is 4.79 Å². The zero-order valence-electron chi connectivity index (χ0n) is 25.6. The summed E-state index contributed by atoms with van der Waals surface area (Å²) in [6.07, 6.45) is 2.80. The minimum absolute atomic E-state index is 0.105. The Balaban J connectivity index is 1.11. The van der Waals surface area contributed by atoms with E-state index >= 15 is 0 Å². The zero-order valence-corrected chi connectivity index (χ0v) is 25.6. The van der Waals surface area contributed by atoms with Crippen LogP contribution in [0.25, 0.3) is 0 Å². The molecule has 5 aromatic rings. The highest BCUT2D eigenvalue weighted by Gasteiger charge is 2.28. The van der Waals surface area contributed by atoms with Crippen LogP contribution in [0, 0.1) is 0 Å². The number of esters is 1. The van der Waals surface area contributed by atoms with E-state index in [1.165, 1.54) is 0 Å². The standard InChI is InChI=1S/C40H36O6/c1-2-12-34-35-24-33(46-37(35)22-21-36(34)42-25-29-13-6-3-7-14-29)28-45-40(41)32-19-20-38(43-26-30-15-8-4-9-16-30)39(23-32)44-27-31-17-10-5-11-18-31/h2-11,13-23,33H,1,12,24-28H2. The van der Waals surface area contributed by atoms with E-state index < -0.39 is 5.97 Å². The van der Waals surface area contributed by atoms with Crippen LogP contribution in [0.1, 0.15) is 38.2 Å². The van der Waals surface area contributed by atoms with Crippen molar-refractivity contribution < 1.29 is 28.5 Å². The number of fused-ring (bicyclic) bond motifs is 1. The number of allylic oxidation sites excluding steroid dienone is 1. The summed E-state index contributed by atoms with van der Waals surface area (Å²) in [7, 11) is 0. The van der Waals surface area contributed by atoms with Crippen LogP contribution in [0.5, 0.6) is 23.0 Å². The Morgan fingerprint density at radius 3 is 1.83 bits per heavy atom. The van der Waals surface area contributed by atoms with Crippen LogP contribution in [0.2, 0.25) is 0 Å². The van der Waals surface area contributed by atoms with E-state index in [1.807, 2.05) is 109 Å². The molecule has 6 nitrogen and oxygen atoms in total. The SMILES string of the molecule is C=CCc1c(OCc2ccccc2)ccc2c1CC(COC(=O)c1ccc(OCc3ccccc3)c(OCc3ccccc3)c1)O2. The smallest absolute Gasteiger partial charge is 0.338 e. The van der Waals surface area contributed by atoms with Crippen LogP contribution in [-0.2, 0) is 37.4 Å². The molecule has 1 unspecified atom stereocenters. The third-order valence-corrected chi connectivity index (χ3v) is 7.71. The highest BCUT2D eigenvalue weighted by Crippen LogP contribution is 2.38. The Morgan fingerprint density at radius 2 is 1.24 bits per heavy atom. The molecule has 0 radical (unpaired) electrons. The molecule has 6 heteroatoms. The van der Waals surface area contributed by atoms with E-state index in [4.69, 9.17) is 23.7 Å². The van der Waals surface area contributed by atoms with Crippen molar-refractivity contribution >= 4 is 5.97 Å². The molecule has 46 heavy (non-hydrogen) atoms. The first-order chi connectivity index (χ1) is 22.7. The Labute approximate surface area is 269 Å². The van der Waals surface area contributed by atoms with Gasteiger partial charge in [0.1, 0.15) is 44.0 Å². The largest absolute Gasteiger partial charge is 0.489 e. The van der Waals surface area contributed by atoms with Gasteiger partial charge in [-0.05, 0) is 53.4 Å². The molecule has 1 heterocycles. The monoisotopic (exact) mass is 612 g/mol. The van der Waals surface area contributed by atoms with Crippen LogP contribution >= 0.6 is 0 Å². The fourth-order valence-electron chi connectivity index (χ4n) is 5.35.